The first-order valence-electron chi connectivity index (χ1n) is 11.8. The summed E-state index contributed by atoms with van der Waals surface area (Å²) in [4.78, 5) is 16.5. The van der Waals surface area contributed by atoms with Crippen LogP contribution in [0.25, 0.3) is 10.9 Å². The SMILES string of the molecule is Cc1ccc(CN(C(=O)c2c(C(C)C)ccc3c2cnn3C)C2Cc3ccccc3C2)cc1. The maximum Gasteiger partial charge on any atom is 0.255 e. The maximum absolute atomic E-state index is 14.4. The minimum Gasteiger partial charge on any atom is -0.331 e. The normalized spacial score (nSPS) is 13.6. The monoisotopic (exact) mass is 437 g/mol. The number of carbonyl (C=O) groups excluding carboxylic acids is 1. The van der Waals surface area contributed by atoms with E-state index >= 15 is 0 Å². The molecule has 0 N–H and O–H groups in total. The lowest BCUT2D eigenvalue weighted by Crippen LogP contribution is -2.41. The molecule has 33 heavy (non-hydrogen) atoms. The molecule has 1 aliphatic carbocycles. The number of nitrogens with zero attached hydrogens (tertiary/aromatic N) is 3. The van der Waals surface area contributed by atoms with E-state index in [4.69, 9.17) is 0 Å². The zero-order valence-electron chi connectivity index (χ0n) is 19.9. The third kappa shape index (κ3) is 3.95. The Balaban J connectivity index is 1.60. The van der Waals surface area contributed by atoms with E-state index in [0.717, 1.165) is 40.4 Å². The summed E-state index contributed by atoms with van der Waals surface area (Å²) in [5.74, 6) is 0.353. The molecule has 0 saturated heterocycles. The van der Waals surface area contributed by atoms with Crippen molar-refractivity contribution in [1.82, 2.24) is 14.7 Å². The minimum atomic E-state index is 0.107. The minimum absolute atomic E-state index is 0.107. The van der Waals surface area contributed by atoms with Gasteiger partial charge in [-0.1, -0.05) is 74.0 Å². The van der Waals surface area contributed by atoms with E-state index in [0.29, 0.717) is 6.54 Å². The first-order chi connectivity index (χ1) is 15.9. The first-order valence-corrected chi connectivity index (χ1v) is 11.8. The van der Waals surface area contributed by atoms with Gasteiger partial charge in [0.1, 0.15) is 0 Å². The molecular formula is C29H31N3O. The maximum atomic E-state index is 14.4. The van der Waals surface area contributed by atoms with Crippen molar-refractivity contribution in [2.24, 2.45) is 7.05 Å². The van der Waals surface area contributed by atoms with Gasteiger partial charge in [-0.15, -0.1) is 0 Å². The Morgan fingerprint density at radius 3 is 2.33 bits per heavy atom. The van der Waals surface area contributed by atoms with Crippen LogP contribution in [0.3, 0.4) is 0 Å². The third-order valence-corrected chi connectivity index (χ3v) is 7.00. The lowest BCUT2D eigenvalue weighted by Gasteiger charge is -2.31. The summed E-state index contributed by atoms with van der Waals surface area (Å²) >= 11 is 0. The van der Waals surface area contributed by atoms with Crippen LogP contribution in [0.5, 0.6) is 0 Å². The highest BCUT2D eigenvalue weighted by atomic mass is 16.2. The molecule has 4 heteroatoms. The number of carbonyl (C=O) groups is 1. The van der Waals surface area contributed by atoms with E-state index < -0.39 is 0 Å². The van der Waals surface area contributed by atoms with Crippen LogP contribution in [-0.4, -0.2) is 26.6 Å². The molecule has 1 aliphatic rings. The van der Waals surface area contributed by atoms with Crippen LogP contribution < -0.4 is 0 Å². The van der Waals surface area contributed by atoms with Gasteiger partial charge in [-0.05, 0) is 54.0 Å². The van der Waals surface area contributed by atoms with Crippen LogP contribution >= 0.6 is 0 Å². The van der Waals surface area contributed by atoms with Gasteiger partial charge in [0.2, 0.25) is 0 Å². The van der Waals surface area contributed by atoms with E-state index in [1.807, 2.05) is 17.9 Å². The molecule has 0 fully saturated rings. The summed E-state index contributed by atoms with van der Waals surface area (Å²) in [7, 11) is 1.93. The van der Waals surface area contributed by atoms with Crippen LogP contribution in [-0.2, 0) is 26.4 Å². The summed E-state index contributed by atoms with van der Waals surface area (Å²) in [6.07, 6.45) is 3.64. The van der Waals surface area contributed by atoms with E-state index in [-0.39, 0.29) is 17.9 Å². The molecule has 0 saturated carbocycles. The van der Waals surface area contributed by atoms with Crippen LogP contribution in [0.4, 0.5) is 0 Å². The highest BCUT2D eigenvalue weighted by Gasteiger charge is 2.33. The number of amides is 1. The topological polar surface area (TPSA) is 38.1 Å². The van der Waals surface area contributed by atoms with Crippen LogP contribution in [0, 0.1) is 6.92 Å². The number of rotatable bonds is 5. The fourth-order valence-corrected chi connectivity index (χ4v) is 5.12. The molecule has 0 aliphatic heterocycles. The zero-order chi connectivity index (χ0) is 23.1. The van der Waals surface area contributed by atoms with Crippen molar-refractivity contribution in [2.45, 2.75) is 52.1 Å². The van der Waals surface area contributed by atoms with Crippen LogP contribution in [0.15, 0.2) is 66.9 Å². The number of benzene rings is 3. The fraction of sp³-hybridized carbons (Fsp3) is 0.310. The fourth-order valence-electron chi connectivity index (χ4n) is 5.12. The first kappa shape index (κ1) is 21.4. The zero-order valence-corrected chi connectivity index (χ0v) is 19.9. The smallest absolute Gasteiger partial charge is 0.255 e. The lowest BCUT2D eigenvalue weighted by molar-refractivity contribution is 0.0668. The molecule has 0 bridgehead atoms. The highest BCUT2D eigenvalue weighted by molar-refractivity contribution is 6.08. The largest absolute Gasteiger partial charge is 0.331 e. The van der Waals surface area contributed by atoms with Crippen molar-refractivity contribution in [3.05, 3.63) is 100 Å². The van der Waals surface area contributed by atoms with E-state index in [1.165, 1.54) is 16.7 Å². The molecule has 1 heterocycles. The lowest BCUT2D eigenvalue weighted by atomic mass is 9.93. The quantitative estimate of drug-likeness (QED) is 0.395. The van der Waals surface area contributed by atoms with Gasteiger partial charge in [-0.3, -0.25) is 9.48 Å². The van der Waals surface area contributed by atoms with Gasteiger partial charge < -0.3 is 4.90 Å². The van der Waals surface area contributed by atoms with Gasteiger partial charge in [0.25, 0.3) is 5.91 Å². The van der Waals surface area contributed by atoms with Gasteiger partial charge in [-0.2, -0.15) is 5.10 Å². The Kier molecular flexibility index (Phi) is 5.53. The Labute approximate surface area is 195 Å². The Bertz CT molecular complexity index is 1290. The molecule has 0 atom stereocenters. The third-order valence-electron chi connectivity index (χ3n) is 7.00. The van der Waals surface area contributed by atoms with E-state index in [9.17, 15) is 4.79 Å². The highest BCUT2D eigenvalue weighted by Crippen LogP contribution is 2.32. The van der Waals surface area contributed by atoms with Gasteiger partial charge >= 0.3 is 0 Å². The standard InChI is InChI=1S/C29H31N3O/c1-19(2)25-13-14-27-26(17-30-31(27)4)28(25)29(33)32(18-21-11-9-20(3)10-12-21)24-15-22-7-5-6-8-23(22)16-24/h5-14,17,19,24H,15-16,18H2,1-4H3. The van der Waals surface area contributed by atoms with E-state index in [1.54, 1.807) is 0 Å². The molecule has 3 aromatic carbocycles. The summed E-state index contributed by atoms with van der Waals surface area (Å²) in [6.45, 7) is 7.01. The molecule has 5 rings (SSSR count). The second kappa shape index (κ2) is 8.51. The van der Waals surface area contributed by atoms with Crippen molar-refractivity contribution in [2.75, 3.05) is 0 Å². The summed E-state index contributed by atoms with van der Waals surface area (Å²) < 4.78 is 1.85. The van der Waals surface area contributed by atoms with Gasteiger partial charge in [0.05, 0.1) is 17.3 Å². The Hall–Kier alpha value is -3.40. The second-order valence-electron chi connectivity index (χ2n) is 9.63. The average molecular weight is 438 g/mol. The number of hydrogen-bond acceptors (Lipinski definition) is 2. The Morgan fingerprint density at radius 1 is 1.03 bits per heavy atom. The molecule has 0 spiro atoms. The molecule has 168 valence electrons. The average Bonchev–Trinajstić information content (AvgIpc) is 3.41. The number of hydrogen-bond donors (Lipinski definition) is 0. The number of aryl methyl sites for hydroxylation is 2. The van der Waals surface area contributed by atoms with Gasteiger partial charge in [-0.25, -0.2) is 0 Å². The van der Waals surface area contributed by atoms with E-state index in [2.05, 4.69) is 91.4 Å². The van der Waals surface area contributed by atoms with Crippen molar-refractivity contribution in [3.8, 4) is 0 Å². The molecular weight excluding hydrogens is 406 g/mol. The molecule has 1 amide bonds. The number of aromatic nitrogens is 2. The summed E-state index contributed by atoms with van der Waals surface area (Å²) in [5.41, 5.74) is 7.98. The van der Waals surface area contributed by atoms with Crippen molar-refractivity contribution in [1.29, 1.82) is 0 Å². The number of fused-ring (bicyclic) bond motifs is 2. The second-order valence-corrected chi connectivity index (χ2v) is 9.63. The molecule has 0 radical (unpaired) electrons. The molecule has 0 unspecified atom stereocenters. The van der Waals surface area contributed by atoms with Crippen LogP contribution in [0.1, 0.15) is 57.9 Å². The van der Waals surface area contributed by atoms with Crippen molar-refractivity contribution >= 4 is 16.8 Å². The summed E-state index contributed by atoms with van der Waals surface area (Å²) in [6, 6.07) is 21.5. The Morgan fingerprint density at radius 2 is 1.70 bits per heavy atom. The molecule has 4 nitrogen and oxygen atoms in total. The van der Waals surface area contributed by atoms with Crippen LogP contribution in [0.2, 0.25) is 0 Å². The van der Waals surface area contributed by atoms with Gasteiger partial charge in [0, 0.05) is 25.0 Å². The molecule has 4 aromatic rings. The molecule has 1 aromatic heterocycles. The predicted octanol–water partition coefficient (Wildman–Crippen LogP) is 5.81. The van der Waals surface area contributed by atoms with Crippen molar-refractivity contribution < 1.29 is 4.79 Å². The van der Waals surface area contributed by atoms with Crippen molar-refractivity contribution in [3.63, 3.8) is 0 Å². The van der Waals surface area contributed by atoms with Gasteiger partial charge in [0.15, 0.2) is 0 Å². The summed E-state index contributed by atoms with van der Waals surface area (Å²) in [5, 5.41) is 5.41. The predicted molar refractivity (Wildman–Crippen MR) is 133 cm³/mol.